The molecule has 0 atom stereocenters. The van der Waals surface area contributed by atoms with E-state index in [2.05, 4.69) is 43.5 Å². The summed E-state index contributed by atoms with van der Waals surface area (Å²) in [5.41, 5.74) is 3.32. The van der Waals surface area contributed by atoms with E-state index in [-0.39, 0.29) is 29.9 Å². The third-order valence-corrected chi connectivity index (χ3v) is 6.06. The smallest absolute Gasteiger partial charge is 0.227 e. The summed E-state index contributed by atoms with van der Waals surface area (Å²) in [5.74, 6) is 1.03. The van der Waals surface area contributed by atoms with Gasteiger partial charge in [-0.15, -0.1) is 35.3 Å². The average Bonchev–Trinajstić information content (AvgIpc) is 3.31. The molecule has 6 nitrogen and oxygen atoms in total. The van der Waals surface area contributed by atoms with E-state index in [1.807, 2.05) is 17.0 Å². The fourth-order valence-corrected chi connectivity index (χ4v) is 4.45. The normalized spacial score (nSPS) is 14.0. The molecular formula is C22H32IN5OS. The van der Waals surface area contributed by atoms with Crippen molar-refractivity contribution in [3.8, 4) is 0 Å². The van der Waals surface area contributed by atoms with Crippen LogP contribution in [0.2, 0.25) is 0 Å². The number of guanidine groups is 1. The van der Waals surface area contributed by atoms with Crippen molar-refractivity contribution in [1.29, 1.82) is 0 Å². The number of benzene rings is 1. The highest BCUT2D eigenvalue weighted by Crippen LogP contribution is 2.22. The number of aromatic nitrogens is 1. The molecule has 2 aromatic rings. The number of amides is 1. The zero-order chi connectivity index (χ0) is 20.6. The van der Waals surface area contributed by atoms with Gasteiger partial charge in [-0.2, -0.15) is 0 Å². The van der Waals surface area contributed by atoms with Gasteiger partial charge in [0, 0.05) is 43.0 Å². The van der Waals surface area contributed by atoms with Crippen molar-refractivity contribution in [1.82, 2.24) is 15.6 Å². The summed E-state index contributed by atoms with van der Waals surface area (Å²) < 4.78 is 0. The van der Waals surface area contributed by atoms with Gasteiger partial charge in [0.15, 0.2) is 5.96 Å². The minimum absolute atomic E-state index is 0. The van der Waals surface area contributed by atoms with Crippen LogP contribution in [-0.2, 0) is 24.2 Å². The molecule has 2 N–H and O–H groups in total. The minimum Gasteiger partial charge on any atom is -0.357 e. The standard InChI is InChI=1S/C22H31N5OS.HI/c1-4-19-16(3)29-20(26-19)12-13-24-22(23-5-2)25-15-17-8-10-18(11-9-17)27-14-6-7-21(27)28;/h8-11H,4-7,12-15H2,1-3H3,(H2,23,24,25);1H. The molecule has 1 aromatic carbocycles. The van der Waals surface area contributed by atoms with Crippen LogP contribution in [0.1, 0.15) is 47.8 Å². The number of carbonyl (C=O) groups is 1. The molecule has 3 rings (SSSR count). The maximum Gasteiger partial charge on any atom is 0.227 e. The Hall–Kier alpha value is -1.68. The molecule has 0 aliphatic carbocycles. The molecule has 0 unspecified atom stereocenters. The van der Waals surface area contributed by atoms with Crippen molar-refractivity contribution in [3.05, 3.63) is 45.4 Å². The number of hydrogen-bond acceptors (Lipinski definition) is 4. The molecule has 8 heteroatoms. The molecule has 0 saturated carbocycles. The van der Waals surface area contributed by atoms with Crippen LogP contribution in [0.15, 0.2) is 29.3 Å². The zero-order valence-corrected chi connectivity index (χ0v) is 21.2. The van der Waals surface area contributed by atoms with Crippen LogP contribution in [0.5, 0.6) is 0 Å². The first kappa shape index (κ1) is 24.6. The second kappa shape index (κ2) is 12.2. The summed E-state index contributed by atoms with van der Waals surface area (Å²) >= 11 is 1.79. The van der Waals surface area contributed by atoms with E-state index < -0.39 is 0 Å². The second-order valence-electron chi connectivity index (χ2n) is 7.15. The van der Waals surface area contributed by atoms with E-state index in [1.165, 1.54) is 15.6 Å². The van der Waals surface area contributed by atoms with Crippen LogP contribution in [0, 0.1) is 6.92 Å². The SMILES string of the molecule is CCNC(=NCc1ccc(N2CCCC2=O)cc1)NCCc1nc(CC)c(C)s1.I. The number of anilines is 1. The van der Waals surface area contributed by atoms with Crippen LogP contribution in [-0.4, -0.2) is 36.5 Å². The lowest BCUT2D eigenvalue weighted by Gasteiger charge is -2.15. The van der Waals surface area contributed by atoms with Crippen molar-refractivity contribution in [2.45, 2.75) is 53.0 Å². The Morgan fingerprint density at radius 3 is 2.60 bits per heavy atom. The lowest BCUT2D eigenvalue weighted by atomic mass is 10.2. The number of halogens is 1. The fraction of sp³-hybridized carbons (Fsp3) is 0.500. The first-order valence-electron chi connectivity index (χ1n) is 10.5. The number of carbonyl (C=O) groups excluding carboxylic acids is 1. The van der Waals surface area contributed by atoms with Crippen LogP contribution in [0.3, 0.4) is 0 Å². The number of nitrogens with one attached hydrogen (secondary N) is 2. The van der Waals surface area contributed by atoms with Gasteiger partial charge in [-0.1, -0.05) is 19.1 Å². The summed E-state index contributed by atoms with van der Waals surface area (Å²) in [6.45, 7) is 9.40. The van der Waals surface area contributed by atoms with Gasteiger partial charge in [-0.3, -0.25) is 4.79 Å². The van der Waals surface area contributed by atoms with Crippen molar-refractivity contribution < 1.29 is 4.79 Å². The third kappa shape index (κ3) is 6.66. The first-order valence-corrected chi connectivity index (χ1v) is 11.3. The predicted octanol–water partition coefficient (Wildman–Crippen LogP) is 4.06. The van der Waals surface area contributed by atoms with Gasteiger partial charge >= 0.3 is 0 Å². The van der Waals surface area contributed by atoms with E-state index in [1.54, 1.807) is 11.3 Å². The lowest BCUT2D eigenvalue weighted by molar-refractivity contribution is -0.117. The Morgan fingerprint density at radius 2 is 2.00 bits per heavy atom. The number of aryl methyl sites for hydroxylation is 2. The summed E-state index contributed by atoms with van der Waals surface area (Å²) in [6.07, 6.45) is 3.49. The topological polar surface area (TPSA) is 69.6 Å². The summed E-state index contributed by atoms with van der Waals surface area (Å²) in [4.78, 5) is 24.4. The highest BCUT2D eigenvalue weighted by molar-refractivity contribution is 14.0. The van der Waals surface area contributed by atoms with E-state index in [0.29, 0.717) is 13.0 Å². The van der Waals surface area contributed by atoms with E-state index >= 15 is 0 Å². The molecule has 1 saturated heterocycles. The van der Waals surface area contributed by atoms with Crippen LogP contribution in [0.4, 0.5) is 5.69 Å². The molecular weight excluding hydrogens is 509 g/mol. The van der Waals surface area contributed by atoms with Gasteiger partial charge in [0.2, 0.25) is 5.91 Å². The Labute approximate surface area is 200 Å². The quantitative estimate of drug-likeness (QED) is 0.301. The number of hydrogen-bond donors (Lipinski definition) is 2. The molecule has 0 spiro atoms. The van der Waals surface area contributed by atoms with Crippen LogP contribution in [0.25, 0.3) is 0 Å². The largest absolute Gasteiger partial charge is 0.357 e. The number of aliphatic imine (C=N–C) groups is 1. The summed E-state index contributed by atoms with van der Waals surface area (Å²) in [6, 6.07) is 8.15. The molecule has 2 heterocycles. The van der Waals surface area contributed by atoms with Gasteiger partial charge in [0.1, 0.15) is 0 Å². The molecule has 1 amide bonds. The van der Waals surface area contributed by atoms with Crippen molar-refractivity contribution >= 4 is 52.9 Å². The maximum absolute atomic E-state index is 11.9. The first-order chi connectivity index (χ1) is 14.1. The Morgan fingerprint density at radius 1 is 1.23 bits per heavy atom. The fourth-order valence-electron chi connectivity index (χ4n) is 3.43. The molecule has 1 aliphatic heterocycles. The Balaban J connectivity index is 0.00000320. The Bertz CT molecular complexity index is 850. The lowest BCUT2D eigenvalue weighted by Crippen LogP contribution is -2.38. The molecule has 164 valence electrons. The molecule has 1 aliphatic rings. The molecule has 1 fully saturated rings. The number of rotatable bonds is 8. The van der Waals surface area contributed by atoms with E-state index in [0.717, 1.165) is 56.1 Å². The predicted molar refractivity (Wildman–Crippen MR) is 136 cm³/mol. The number of nitrogens with zero attached hydrogens (tertiary/aromatic N) is 3. The average molecular weight is 542 g/mol. The van der Waals surface area contributed by atoms with Crippen molar-refractivity contribution in [3.63, 3.8) is 0 Å². The second-order valence-corrected chi connectivity index (χ2v) is 8.44. The van der Waals surface area contributed by atoms with Crippen LogP contribution >= 0.6 is 35.3 Å². The van der Waals surface area contributed by atoms with E-state index in [4.69, 9.17) is 9.98 Å². The van der Waals surface area contributed by atoms with Crippen molar-refractivity contribution in [2.75, 3.05) is 24.5 Å². The Kier molecular flexibility index (Phi) is 10.0. The highest BCUT2D eigenvalue weighted by atomic mass is 127. The van der Waals surface area contributed by atoms with Gasteiger partial charge in [-0.25, -0.2) is 9.98 Å². The van der Waals surface area contributed by atoms with Gasteiger partial charge in [0.25, 0.3) is 0 Å². The summed E-state index contributed by atoms with van der Waals surface area (Å²) in [7, 11) is 0. The number of thiazole rings is 1. The molecule has 0 radical (unpaired) electrons. The van der Waals surface area contributed by atoms with Crippen molar-refractivity contribution in [2.24, 2.45) is 4.99 Å². The third-order valence-electron chi connectivity index (χ3n) is 4.99. The monoisotopic (exact) mass is 541 g/mol. The zero-order valence-electron chi connectivity index (χ0n) is 18.0. The van der Waals surface area contributed by atoms with Gasteiger partial charge in [0.05, 0.1) is 17.2 Å². The maximum atomic E-state index is 11.9. The van der Waals surface area contributed by atoms with Gasteiger partial charge in [-0.05, 0) is 44.4 Å². The van der Waals surface area contributed by atoms with Gasteiger partial charge < -0.3 is 15.5 Å². The van der Waals surface area contributed by atoms with Crippen LogP contribution < -0.4 is 15.5 Å². The minimum atomic E-state index is 0. The molecule has 30 heavy (non-hydrogen) atoms. The molecule has 1 aromatic heterocycles. The highest BCUT2D eigenvalue weighted by Gasteiger charge is 2.21. The van der Waals surface area contributed by atoms with E-state index in [9.17, 15) is 4.79 Å². The molecule has 0 bridgehead atoms. The summed E-state index contributed by atoms with van der Waals surface area (Å²) in [5, 5.41) is 7.87.